The predicted molar refractivity (Wildman–Crippen MR) is 53.5 cm³/mol. The van der Waals surface area contributed by atoms with Crippen molar-refractivity contribution in [2.45, 2.75) is 13.3 Å². The molecule has 1 aromatic carbocycles. The number of hydrogen-bond acceptors (Lipinski definition) is 1. The first-order valence-electron chi connectivity index (χ1n) is 3.64. The van der Waals surface area contributed by atoms with E-state index in [1.807, 2.05) is 0 Å². The number of hydrogen-bond donors (Lipinski definition) is 0. The minimum absolute atomic E-state index is 0.0319. The van der Waals surface area contributed by atoms with Gasteiger partial charge in [-0.1, -0.05) is 11.6 Å². The fourth-order valence-corrected chi connectivity index (χ4v) is 1.57. The van der Waals surface area contributed by atoms with E-state index < -0.39 is 5.82 Å². The fourth-order valence-electron chi connectivity index (χ4n) is 0.980. The van der Waals surface area contributed by atoms with E-state index in [0.29, 0.717) is 4.47 Å². The lowest BCUT2D eigenvalue weighted by atomic mass is 10.1. The summed E-state index contributed by atoms with van der Waals surface area (Å²) in [6.45, 7) is 1.40. The van der Waals surface area contributed by atoms with Crippen LogP contribution in [-0.2, 0) is 11.2 Å². The molecule has 0 atom stereocenters. The molecule has 1 nitrogen and oxygen atoms in total. The van der Waals surface area contributed by atoms with Crippen molar-refractivity contribution < 1.29 is 9.18 Å². The van der Waals surface area contributed by atoms with Crippen LogP contribution in [0.15, 0.2) is 16.6 Å². The van der Waals surface area contributed by atoms with Crippen LogP contribution in [-0.4, -0.2) is 5.78 Å². The van der Waals surface area contributed by atoms with Gasteiger partial charge in [-0.2, -0.15) is 0 Å². The van der Waals surface area contributed by atoms with Crippen molar-refractivity contribution >= 4 is 33.3 Å². The SMILES string of the molecule is CC(=O)Cc1c(F)ccc(Br)c1Cl. The Kier molecular flexibility index (Phi) is 3.45. The molecule has 70 valence electrons. The lowest BCUT2D eigenvalue weighted by Gasteiger charge is -2.04. The van der Waals surface area contributed by atoms with Gasteiger partial charge in [0.2, 0.25) is 0 Å². The number of carbonyl (C=O) groups excluding carboxylic acids is 1. The van der Waals surface area contributed by atoms with Crippen LogP contribution in [0.3, 0.4) is 0 Å². The predicted octanol–water partition coefficient (Wildman–Crippen LogP) is 3.37. The average molecular weight is 266 g/mol. The normalized spacial score (nSPS) is 10.2. The summed E-state index contributed by atoms with van der Waals surface area (Å²) >= 11 is 8.96. The summed E-state index contributed by atoms with van der Waals surface area (Å²) in [6, 6.07) is 2.80. The highest BCUT2D eigenvalue weighted by atomic mass is 79.9. The van der Waals surface area contributed by atoms with Crippen molar-refractivity contribution in [2.24, 2.45) is 0 Å². The Hall–Kier alpha value is -0.410. The Labute approximate surface area is 89.0 Å². The smallest absolute Gasteiger partial charge is 0.134 e. The highest BCUT2D eigenvalue weighted by Gasteiger charge is 2.11. The summed E-state index contributed by atoms with van der Waals surface area (Å²) in [5.74, 6) is -0.553. The second-order valence-corrected chi connectivity index (χ2v) is 3.93. The number of Topliss-reactive ketones (excluding diaryl/α,β-unsaturated/α-hetero) is 1. The van der Waals surface area contributed by atoms with Crippen LogP contribution in [0.4, 0.5) is 4.39 Å². The van der Waals surface area contributed by atoms with Crippen molar-refractivity contribution in [3.8, 4) is 0 Å². The van der Waals surface area contributed by atoms with Crippen LogP contribution >= 0.6 is 27.5 Å². The summed E-state index contributed by atoms with van der Waals surface area (Å²) in [7, 11) is 0. The molecule has 0 radical (unpaired) electrons. The Bertz CT molecular complexity index is 352. The van der Waals surface area contributed by atoms with E-state index in [1.54, 1.807) is 0 Å². The minimum atomic E-state index is -0.441. The number of rotatable bonds is 2. The molecule has 0 aliphatic rings. The molecule has 0 N–H and O–H groups in total. The third-order valence-electron chi connectivity index (χ3n) is 1.56. The average Bonchev–Trinajstić information content (AvgIpc) is 2.05. The Morgan fingerprint density at radius 3 is 2.77 bits per heavy atom. The molecule has 0 aliphatic carbocycles. The highest BCUT2D eigenvalue weighted by Crippen LogP contribution is 2.28. The Morgan fingerprint density at radius 2 is 2.23 bits per heavy atom. The second-order valence-electron chi connectivity index (χ2n) is 2.70. The molecule has 4 heteroatoms. The van der Waals surface area contributed by atoms with E-state index in [4.69, 9.17) is 11.6 Å². The largest absolute Gasteiger partial charge is 0.300 e. The van der Waals surface area contributed by atoms with Gasteiger partial charge in [0, 0.05) is 16.5 Å². The molecule has 0 unspecified atom stereocenters. The summed E-state index contributed by atoms with van der Waals surface area (Å²) in [4.78, 5) is 10.8. The van der Waals surface area contributed by atoms with E-state index in [-0.39, 0.29) is 22.8 Å². The molecular weight excluding hydrogens is 258 g/mol. The molecule has 0 bridgehead atoms. The van der Waals surface area contributed by atoms with E-state index in [1.165, 1.54) is 19.1 Å². The Morgan fingerprint density at radius 1 is 1.62 bits per heavy atom. The standard InChI is InChI=1S/C9H7BrClFO/c1-5(13)4-6-8(12)3-2-7(10)9(6)11/h2-3H,4H2,1H3. The van der Waals surface area contributed by atoms with Gasteiger partial charge in [-0.3, -0.25) is 4.79 Å². The van der Waals surface area contributed by atoms with E-state index in [2.05, 4.69) is 15.9 Å². The third-order valence-corrected chi connectivity index (χ3v) is 2.89. The number of benzene rings is 1. The van der Waals surface area contributed by atoms with Gasteiger partial charge in [0.1, 0.15) is 11.6 Å². The number of halogens is 3. The van der Waals surface area contributed by atoms with Crippen LogP contribution in [0, 0.1) is 5.82 Å². The molecule has 13 heavy (non-hydrogen) atoms. The van der Waals surface area contributed by atoms with Gasteiger partial charge in [-0.25, -0.2) is 4.39 Å². The first kappa shape index (κ1) is 10.7. The summed E-state index contributed by atoms with van der Waals surface area (Å²) in [6.07, 6.45) is 0.0319. The molecular formula is C9H7BrClFO. The molecule has 1 aromatic rings. The van der Waals surface area contributed by atoms with Gasteiger partial charge < -0.3 is 0 Å². The number of ketones is 1. The van der Waals surface area contributed by atoms with Gasteiger partial charge in [0.05, 0.1) is 5.02 Å². The molecule has 0 spiro atoms. The summed E-state index contributed by atoms with van der Waals surface area (Å²) in [5.41, 5.74) is 0.253. The van der Waals surface area contributed by atoms with Crippen molar-refractivity contribution in [2.75, 3.05) is 0 Å². The van der Waals surface area contributed by atoms with Gasteiger partial charge >= 0.3 is 0 Å². The van der Waals surface area contributed by atoms with Crippen molar-refractivity contribution in [3.63, 3.8) is 0 Å². The van der Waals surface area contributed by atoms with Crippen LogP contribution in [0.5, 0.6) is 0 Å². The van der Waals surface area contributed by atoms with Crippen LogP contribution in [0.1, 0.15) is 12.5 Å². The molecule has 0 amide bonds. The lowest BCUT2D eigenvalue weighted by Crippen LogP contribution is -2.00. The van der Waals surface area contributed by atoms with Crippen molar-refractivity contribution in [3.05, 3.63) is 33.0 Å². The molecule has 0 saturated carbocycles. The van der Waals surface area contributed by atoms with Gasteiger partial charge in [-0.05, 0) is 35.0 Å². The van der Waals surface area contributed by atoms with Gasteiger partial charge in [0.15, 0.2) is 0 Å². The quantitative estimate of drug-likeness (QED) is 0.749. The zero-order valence-corrected chi connectivity index (χ0v) is 9.25. The molecule has 0 aromatic heterocycles. The van der Waals surface area contributed by atoms with E-state index in [9.17, 15) is 9.18 Å². The van der Waals surface area contributed by atoms with Gasteiger partial charge in [0.25, 0.3) is 0 Å². The lowest BCUT2D eigenvalue weighted by molar-refractivity contribution is -0.116. The molecule has 0 saturated heterocycles. The van der Waals surface area contributed by atoms with Crippen LogP contribution in [0.25, 0.3) is 0 Å². The Balaban J connectivity index is 3.17. The summed E-state index contributed by atoms with van der Waals surface area (Å²) < 4.78 is 13.7. The monoisotopic (exact) mass is 264 g/mol. The molecule has 0 fully saturated rings. The second kappa shape index (κ2) is 4.20. The van der Waals surface area contributed by atoms with Crippen LogP contribution in [0.2, 0.25) is 5.02 Å². The highest BCUT2D eigenvalue weighted by molar-refractivity contribution is 9.10. The summed E-state index contributed by atoms with van der Waals surface area (Å²) in [5, 5.41) is 0.273. The zero-order valence-electron chi connectivity index (χ0n) is 6.90. The third kappa shape index (κ3) is 2.51. The van der Waals surface area contributed by atoms with Crippen molar-refractivity contribution in [1.29, 1.82) is 0 Å². The van der Waals surface area contributed by atoms with Crippen LogP contribution < -0.4 is 0 Å². The first-order chi connectivity index (χ1) is 6.02. The number of carbonyl (C=O) groups is 1. The van der Waals surface area contributed by atoms with Crippen molar-refractivity contribution in [1.82, 2.24) is 0 Å². The molecule has 1 rings (SSSR count). The zero-order chi connectivity index (χ0) is 10.0. The fraction of sp³-hybridized carbons (Fsp3) is 0.222. The van der Waals surface area contributed by atoms with Gasteiger partial charge in [-0.15, -0.1) is 0 Å². The minimum Gasteiger partial charge on any atom is -0.300 e. The van der Waals surface area contributed by atoms with E-state index in [0.717, 1.165) is 0 Å². The topological polar surface area (TPSA) is 17.1 Å². The molecule has 0 aliphatic heterocycles. The maximum atomic E-state index is 13.1. The maximum Gasteiger partial charge on any atom is 0.134 e. The first-order valence-corrected chi connectivity index (χ1v) is 4.81. The van der Waals surface area contributed by atoms with E-state index >= 15 is 0 Å². The maximum absolute atomic E-state index is 13.1. The molecule has 0 heterocycles.